The molecule has 1 unspecified atom stereocenters. The molecule has 4 rings (SSSR count). The van der Waals surface area contributed by atoms with Gasteiger partial charge < -0.3 is 15.1 Å². The highest BCUT2D eigenvalue weighted by molar-refractivity contribution is 6.38. The molecule has 6 nitrogen and oxygen atoms in total. The van der Waals surface area contributed by atoms with Gasteiger partial charge in [0.25, 0.3) is 11.7 Å². The van der Waals surface area contributed by atoms with E-state index in [-0.39, 0.29) is 16.4 Å². The first-order chi connectivity index (χ1) is 18.9. The number of carbonyl (C=O) groups excluding carboxylic acids is 3. The highest BCUT2D eigenvalue weighted by Crippen LogP contribution is 2.40. The van der Waals surface area contributed by atoms with Crippen molar-refractivity contribution in [1.82, 2.24) is 10.6 Å². The molecule has 2 aromatic carbocycles. The maximum absolute atomic E-state index is 13.7. The topological polar surface area (TPSA) is 88.4 Å². The minimum absolute atomic E-state index is 0.162. The summed E-state index contributed by atoms with van der Waals surface area (Å²) in [7, 11) is 0. The van der Waals surface area contributed by atoms with Gasteiger partial charge in [0.05, 0.1) is 11.1 Å². The average molecular weight is 593 g/mol. The monoisotopic (exact) mass is 592 g/mol. The second-order valence-electron chi connectivity index (χ2n) is 9.69. The Morgan fingerprint density at radius 1 is 1.02 bits per heavy atom. The molecule has 2 amide bonds. The number of hydrogen-bond acceptors (Lipinski definition) is 4. The first-order valence-corrected chi connectivity index (χ1v) is 13.2. The number of amides is 2. The minimum atomic E-state index is -5.14. The predicted octanol–water partition coefficient (Wildman–Crippen LogP) is 6.91. The van der Waals surface area contributed by atoms with Gasteiger partial charge in [-0.2, -0.15) is 13.2 Å². The van der Waals surface area contributed by atoms with Crippen LogP contribution in [-0.2, 0) is 9.59 Å². The molecular formula is C29H25Cl2F3N2O4. The molecule has 3 atom stereocenters. The average Bonchev–Trinajstić information content (AvgIpc) is 3.30. The number of alkyl halides is 3. The quantitative estimate of drug-likeness (QED) is 0.297. The van der Waals surface area contributed by atoms with Gasteiger partial charge in [-0.25, -0.2) is 0 Å². The molecule has 1 heterocycles. The molecule has 0 bridgehead atoms. The van der Waals surface area contributed by atoms with Crippen molar-refractivity contribution >= 4 is 51.8 Å². The van der Waals surface area contributed by atoms with E-state index >= 15 is 0 Å². The lowest BCUT2D eigenvalue weighted by atomic mass is 9.90. The Morgan fingerprint density at radius 3 is 2.33 bits per heavy atom. The number of fused-ring (bicyclic) bond motifs is 1. The van der Waals surface area contributed by atoms with Crippen LogP contribution < -0.4 is 10.6 Å². The molecule has 3 aromatic rings. The van der Waals surface area contributed by atoms with Crippen molar-refractivity contribution in [2.75, 3.05) is 0 Å². The lowest BCUT2D eigenvalue weighted by Gasteiger charge is -2.29. The summed E-state index contributed by atoms with van der Waals surface area (Å²) < 4.78 is 45.6. The van der Waals surface area contributed by atoms with E-state index in [4.69, 9.17) is 27.6 Å². The molecular weight excluding hydrogens is 568 g/mol. The third kappa shape index (κ3) is 6.26. The summed E-state index contributed by atoms with van der Waals surface area (Å²) in [5.74, 6) is -5.43. The summed E-state index contributed by atoms with van der Waals surface area (Å²) in [4.78, 5) is 39.2. The van der Waals surface area contributed by atoms with Crippen LogP contribution in [0.25, 0.3) is 22.1 Å². The molecule has 0 saturated heterocycles. The summed E-state index contributed by atoms with van der Waals surface area (Å²) in [5, 5.41) is 5.79. The fraction of sp³-hybridized carbons (Fsp3) is 0.276. The maximum atomic E-state index is 13.7. The number of carbonyl (C=O) groups is 3. The molecule has 40 heavy (non-hydrogen) atoms. The first-order valence-electron chi connectivity index (χ1n) is 12.4. The van der Waals surface area contributed by atoms with Crippen LogP contribution >= 0.6 is 23.2 Å². The Kier molecular flexibility index (Phi) is 8.75. The van der Waals surface area contributed by atoms with Crippen molar-refractivity contribution in [3.05, 3.63) is 82.6 Å². The van der Waals surface area contributed by atoms with Crippen molar-refractivity contribution in [2.24, 2.45) is 11.8 Å². The van der Waals surface area contributed by atoms with E-state index in [0.717, 1.165) is 0 Å². The van der Waals surface area contributed by atoms with E-state index in [2.05, 4.69) is 10.6 Å². The first kappa shape index (κ1) is 29.4. The third-order valence-corrected chi connectivity index (χ3v) is 7.01. The van der Waals surface area contributed by atoms with Crippen LogP contribution in [0, 0.1) is 11.8 Å². The molecule has 0 saturated carbocycles. The number of allylic oxidation sites excluding steroid dienone is 3. The highest BCUT2D eigenvalue weighted by atomic mass is 35.5. The number of Topliss-reactive ketones (excluding diaryl/α,β-unsaturated/α-hetero) is 1. The number of ketones is 1. The van der Waals surface area contributed by atoms with Crippen LogP contribution in [-0.4, -0.2) is 35.9 Å². The second-order valence-corrected chi connectivity index (χ2v) is 10.5. The molecule has 1 aromatic heterocycles. The Bertz CT molecular complexity index is 1500. The van der Waals surface area contributed by atoms with Crippen molar-refractivity contribution in [3.63, 3.8) is 0 Å². The molecule has 210 valence electrons. The zero-order chi connectivity index (χ0) is 29.2. The Labute approximate surface area is 238 Å². The van der Waals surface area contributed by atoms with Crippen LogP contribution in [0.1, 0.15) is 30.8 Å². The normalized spacial score (nSPS) is 16.6. The summed E-state index contributed by atoms with van der Waals surface area (Å²) in [5.41, 5.74) is 1.19. The molecule has 0 aliphatic heterocycles. The predicted molar refractivity (Wildman–Crippen MR) is 147 cm³/mol. The summed E-state index contributed by atoms with van der Waals surface area (Å²) in [6, 6.07) is 8.74. The summed E-state index contributed by atoms with van der Waals surface area (Å²) in [6.07, 6.45) is 2.01. The zero-order valence-electron chi connectivity index (χ0n) is 21.4. The van der Waals surface area contributed by atoms with Crippen LogP contribution in [0.2, 0.25) is 10.0 Å². The Hall–Kier alpha value is -3.56. The van der Waals surface area contributed by atoms with Crippen LogP contribution in [0.4, 0.5) is 13.2 Å². The van der Waals surface area contributed by atoms with E-state index in [1.54, 1.807) is 60.7 Å². The molecule has 1 aliphatic rings. The zero-order valence-corrected chi connectivity index (χ0v) is 22.9. The van der Waals surface area contributed by atoms with Crippen molar-refractivity contribution in [3.8, 4) is 11.1 Å². The van der Waals surface area contributed by atoms with E-state index in [1.807, 2.05) is 0 Å². The molecule has 0 radical (unpaired) electrons. The number of furan rings is 1. The summed E-state index contributed by atoms with van der Waals surface area (Å²) >= 11 is 12.6. The van der Waals surface area contributed by atoms with Gasteiger partial charge in [-0.3, -0.25) is 14.4 Å². The molecule has 1 aliphatic carbocycles. The van der Waals surface area contributed by atoms with Gasteiger partial charge in [0.15, 0.2) is 5.58 Å². The van der Waals surface area contributed by atoms with E-state index in [0.29, 0.717) is 28.0 Å². The molecule has 11 heteroatoms. The fourth-order valence-electron chi connectivity index (χ4n) is 4.55. The molecule has 0 spiro atoms. The van der Waals surface area contributed by atoms with Crippen LogP contribution in [0.3, 0.4) is 0 Å². The minimum Gasteiger partial charge on any atom is -0.449 e. The third-order valence-electron chi connectivity index (χ3n) is 6.51. The van der Waals surface area contributed by atoms with Gasteiger partial charge in [0.1, 0.15) is 6.04 Å². The van der Waals surface area contributed by atoms with E-state index < -0.39 is 47.7 Å². The number of benzene rings is 2. The van der Waals surface area contributed by atoms with Gasteiger partial charge in [0, 0.05) is 21.9 Å². The Morgan fingerprint density at radius 2 is 1.73 bits per heavy atom. The number of hydrogen-bond donors (Lipinski definition) is 2. The van der Waals surface area contributed by atoms with Gasteiger partial charge in [-0.15, -0.1) is 0 Å². The highest BCUT2D eigenvalue weighted by Gasteiger charge is 2.46. The smallest absolute Gasteiger partial charge is 0.449 e. The van der Waals surface area contributed by atoms with Crippen LogP contribution in [0.5, 0.6) is 0 Å². The lowest BCUT2D eigenvalue weighted by Crippen LogP contribution is -2.57. The standard InChI is InChI=1S/C29H25Cl2F3N2O4/c1-15(2)22(26(37)29(32,33)34)35-27(38)23(17-11-7-4-8-12-17)36-28(39)25-21(16-9-5-3-6-10-16)19-13-18(30)14-20(31)24(19)40-25/h3-11,13-15,17,22-23H,12H2,1-2H3,(H,35,38)(H,36,39)/t17?,22-,23-/m0/s1. The lowest BCUT2D eigenvalue weighted by molar-refractivity contribution is -0.175. The number of halogens is 5. The van der Waals surface area contributed by atoms with Crippen molar-refractivity contribution in [2.45, 2.75) is 38.5 Å². The van der Waals surface area contributed by atoms with Gasteiger partial charge in [-0.05, 0) is 30.0 Å². The number of rotatable bonds is 8. The largest absolute Gasteiger partial charge is 0.452 e. The van der Waals surface area contributed by atoms with Gasteiger partial charge in [0.2, 0.25) is 11.7 Å². The fourth-order valence-corrected chi connectivity index (χ4v) is 5.08. The molecule has 0 fully saturated rings. The van der Waals surface area contributed by atoms with Crippen molar-refractivity contribution < 1.29 is 32.0 Å². The maximum Gasteiger partial charge on any atom is 0.452 e. The Balaban J connectivity index is 1.74. The summed E-state index contributed by atoms with van der Waals surface area (Å²) in [6.45, 7) is 2.78. The van der Waals surface area contributed by atoms with Crippen molar-refractivity contribution in [1.29, 1.82) is 0 Å². The second kappa shape index (κ2) is 11.9. The van der Waals surface area contributed by atoms with Gasteiger partial charge in [-0.1, -0.05) is 91.7 Å². The number of nitrogens with one attached hydrogen (secondary N) is 2. The van der Waals surface area contributed by atoms with E-state index in [1.165, 1.54) is 19.9 Å². The van der Waals surface area contributed by atoms with Gasteiger partial charge >= 0.3 is 6.18 Å². The molecule has 2 N–H and O–H groups in total. The van der Waals surface area contributed by atoms with Crippen LogP contribution in [0.15, 0.2) is 71.2 Å². The van der Waals surface area contributed by atoms with E-state index in [9.17, 15) is 27.6 Å². The SMILES string of the molecule is CC(C)[C@H](NC(=O)[C@@H](NC(=O)c1oc2c(Cl)cc(Cl)cc2c1-c1ccccc1)C1C=CC=CC1)C(=O)C(F)(F)F.